The number of thiophene rings is 1. The van der Waals surface area contributed by atoms with Crippen molar-refractivity contribution in [3.05, 3.63) is 16.0 Å². The molecular weight excluding hydrogens is 250 g/mol. The summed E-state index contributed by atoms with van der Waals surface area (Å²) in [5.41, 5.74) is 6.93. The van der Waals surface area contributed by atoms with Crippen LogP contribution in [0.4, 0.5) is 9.80 Å². The van der Waals surface area contributed by atoms with Crippen LogP contribution in [0.25, 0.3) is 0 Å². The van der Waals surface area contributed by atoms with Crippen molar-refractivity contribution in [1.29, 1.82) is 0 Å². The van der Waals surface area contributed by atoms with Crippen molar-refractivity contribution < 1.29 is 9.59 Å². The number of carbonyl (C=O) groups excluding carboxylic acids is 2. The number of fused-ring (bicyclic) bond motifs is 1. The Hall–Kier alpha value is -1.56. The van der Waals surface area contributed by atoms with E-state index in [-0.39, 0.29) is 6.03 Å². The molecule has 1 aliphatic rings. The Morgan fingerprint density at radius 3 is 2.83 bits per heavy atom. The Balaban J connectivity index is 2.18. The second-order valence-electron chi connectivity index (χ2n) is 4.31. The Labute approximate surface area is 110 Å². The first kappa shape index (κ1) is 12.9. The van der Waals surface area contributed by atoms with Gasteiger partial charge < -0.3 is 11.1 Å². The van der Waals surface area contributed by atoms with E-state index in [4.69, 9.17) is 5.73 Å². The van der Waals surface area contributed by atoms with Crippen molar-refractivity contribution in [3.8, 4) is 0 Å². The van der Waals surface area contributed by atoms with Gasteiger partial charge in [-0.1, -0.05) is 6.92 Å². The SMILES string of the molecule is CCCNC(=O)Nc1sc2c(c1C(N)=O)CCC2. The van der Waals surface area contributed by atoms with Crippen molar-refractivity contribution >= 4 is 28.3 Å². The summed E-state index contributed by atoms with van der Waals surface area (Å²) >= 11 is 1.47. The Morgan fingerprint density at radius 1 is 1.39 bits per heavy atom. The molecule has 3 amide bonds. The molecule has 18 heavy (non-hydrogen) atoms. The number of hydrogen-bond donors (Lipinski definition) is 3. The van der Waals surface area contributed by atoms with E-state index in [1.807, 2.05) is 6.92 Å². The standard InChI is InChI=1S/C12H17N3O2S/c1-2-6-14-12(17)15-11-9(10(13)16)7-4-3-5-8(7)18-11/h2-6H2,1H3,(H2,13,16)(H2,14,15,17). The number of aryl methyl sites for hydroxylation is 1. The molecule has 98 valence electrons. The maximum atomic E-state index is 11.6. The zero-order chi connectivity index (χ0) is 13.1. The Morgan fingerprint density at radius 2 is 2.17 bits per heavy atom. The van der Waals surface area contributed by atoms with Crippen molar-refractivity contribution in [2.45, 2.75) is 32.6 Å². The number of amides is 3. The number of rotatable bonds is 4. The number of primary amides is 1. The highest BCUT2D eigenvalue weighted by Gasteiger charge is 2.25. The fourth-order valence-corrected chi connectivity index (χ4v) is 3.43. The van der Waals surface area contributed by atoms with Gasteiger partial charge in [0.05, 0.1) is 5.56 Å². The van der Waals surface area contributed by atoms with Crippen LogP contribution in [0.15, 0.2) is 0 Å². The summed E-state index contributed by atoms with van der Waals surface area (Å²) in [6.45, 7) is 2.59. The van der Waals surface area contributed by atoms with Crippen LogP contribution in [0.3, 0.4) is 0 Å². The zero-order valence-electron chi connectivity index (χ0n) is 10.3. The van der Waals surface area contributed by atoms with Crippen molar-refractivity contribution in [3.63, 3.8) is 0 Å². The molecule has 0 aromatic carbocycles. The lowest BCUT2D eigenvalue weighted by Crippen LogP contribution is -2.29. The summed E-state index contributed by atoms with van der Waals surface area (Å²) in [5.74, 6) is -0.458. The summed E-state index contributed by atoms with van der Waals surface area (Å²) in [7, 11) is 0. The quantitative estimate of drug-likeness (QED) is 0.778. The van der Waals surface area contributed by atoms with Crippen LogP contribution in [-0.2, 0) is 12.8 Å². The molecule has 0 spiro atoms. The molecule has 4 N–H and O–H groups in total. The first-order valence-corrected chi connectivity index (χ1v) is 6.94. The first-order valence-electron chi connectivity index (χ1n) is 6.12. The highest BCUT2D eigenvalue weighted by molar-refractivity contribution is 7.17. The molecule has 1 aromatic rings. The van der Waals surface area contributed by atoms with Gasteiger partial charge in [-0.15, -0.1) is 11.3 Å². The molecule has 0 saturated heterocycles. The normalized spacial score (nSPS) is 13.2. The van der Waals surface area contributed by atoms with Crippen molar-refractivity contribution in [2.24, 2.45) is 5.73 Å². The van der Waals surface area contributed by atoms with Crippen LogP contribution < -0.4 is 16.4 Å². The maximum Gasteiger partial charge on any atom is 0.319 e. The number of nitrogens with two attached hydrogens (primary N) is 1. The van der Waals surface area contributed by atoms with Crippen molar-refractivity contribution in [1.82, 2.24) is 5.32 Å². The number of nitrogens with one attached hydrogen (secondary N) is 2. The molecule has 0 saturated carbocycles. The summed E-state index contributed by atoms with van der Waals surface area (Å²) in [6, 6.07) is -0.278. The topological polar surface area (TPSA) is 84.2 Å². The molecule has 5 nitrogen and oxygen atoms in total. The van der Waals surface area contributed by atoms with E-state index in [9.17, 15) is 9.59 Å². The van der Waals surface area contributed by atoms with Gasteiger partial charge in [-0.2, -0.15) is 0 Å². The van der Waals surface area contributed by atoms with Crippen LogP contribution in [-0.4, -0.2) is 18.5 Å². The summed E-state index contributed by atoms with van der Waals surface area (Å²) < 4.78 is 0. The molecule has 0 radical (unpaired) electrons. The number of hydrogen-bond acceptors (Lipinski definition) is 3. The fourth-order valence-electron chi connectivity index (χ4n) is 2.14. The van der Waals surface area contributed by atoms with Gasteiger partial charge in [0, 0.05) is 11.4 Å². The van der Waals surface area contributed by atoms with Gasteiger partial charge in [-0.3, -0.25) is 10.1 Å². The number of urea groups is 1. The molecule has 1 aromatic heterocycles. The second kappa shape index (κ2) is 5.39. The molecule has 0 unspecified atom stereocenters. The minimum atomic E-state index is -0.458. The molecule has 6 heteroatoms. The minimum absolute atomic E-state index is 0.278. The van der Waals surface area contributed by atoms with E-state index < -0.39 is 5.91 Å². The van der Waals surface area contributed by atoms with Gasteiger partial charge in [0.25, 0.3) is 5.91 Å². The highest BCUT2D eigenvalue weighted by atomic mass is 32.1. The average Bonchev–Trinajstić information content (AvgIpc) is 2.85. The third kappa shape index (κ3) is 2.48. The molecule has 0 fully saturated rings. The molecule has 1 aliphatic carbocycles. The fraction of sp³-hybridized carbons (Fsp3) is 0.500. The lowest BCUT2D eigenvalue weighted by atomic mass is 10.1. The van der Waals surface area contributed by atoms with Gasteiger partial charge in [0.2, 0.25) is 0 Å². The average molecular weight is 267 g/mol. The molecule has 0 bridgehead atoms. The predicted octanol–water partition coefficient (Wildman–Crippen LogP) is 1.87. The van der Waals surface area contributed by atoms with E-state index in [1.165, 1.54) is 16.2 Å². The third-order valence-electron chi connectivity index (χ3n) is 2.93. The molecule has 0 aliphatic heterocycles. The van der Waals surface area contributed by atoms with Crippen LogP contribution in [0.1, 0.15) is 40.6 Å². The van der Waals surface area contributed by atoms with E-state index in [0.29, 0.717) is 17.1 Å². The summed E-state index contributed by atoms with van der Waals surface area (Å²) in [4.78, 5) is 24.3. The van der Waals surface area contributed by atoms with Gasteiger partial charge >= 0.3 is 6.03 Å². The first-order chi connectivity index (χ1) is 8.63. The lowest BCUT2D eigenvalue weighted by molar-refractivity contribution is 0.100. The van der Waals surface area contributed by atoms with Crippen molar-refractivity contribution in [2.75, 3.05) is 11.9 Å². The summed E-state index contributed by atoms with van der Waals surface area (Å²) in [5, 5.41) is 6.02. The lowest BCUT2D eigenvalue weighted by Gasteiger charge is -2.06. The van der Waals surface area contributed by atoms with Gasteiger partial charge in [0.15, 0.2) is 0 Å². The molecule has 2 rings (SSSR count). The Bertz CT molecular complexity index is 482. The van der Waals surface area contributed by atoms with E-state index in [1.54, 1.807) is 0 Å². The van der Waals surface area contributed by atoms with E-state index in [2.05, 4.69) is 10.6 Å². The largest absolute Gasteiger partial charge is 0.365 e. The zero-order valence-corrected chi connectivity index (χ0v) is 11.2. The number of carbonyl (C=O) groups is 2. The van der Waals surface area contributed by atoms with Gasteiger partial charge in [-0.25, -0.2) is 4.79 Å². The Kier molecular flexibility index (Phi) is 3.86. The van der Waals surface area contributed by atoms with Crippen LogP contribution in [0.2, 0.25) is 0 Å². The van der Waals surface area contributed by atoms with Crippen LogP contribution in [0, 0.1) is 0 Å². The summed E-state index contributed by atoms with van der Waals surface area (Å²) in [6.07, 6.45) is 3.78. The van der Waals surface area contributed by atoms with Crippen LogP contribution >= 0.6 is 11.3 Å². The predicted molar refractivity (Wildman–Crippen MR) is 72.2 cm³/mol. The van der Waals surface area contributed by atoms with Gasteiger partial charge in [0.1, 0.15) is 5.00 Å². The number of anilines is 1. The van der Waals surface area contributed by atoms with E-state index in [0.717, 1.165) is 31.2 Å². The molecular formula is C12H17N3O2S. The van der Waals surface area contributed by atoms with Crippen LogP contribution in [0.5, 0.6) is 0 Å². The van der Waals surface area contributed by atoms with Gasteiger partial charge in [-0.05, 0) is 31.2 Å². The molecule has 0 atom stereocenters. The third-order valence-corrected chi connectivity index (χ3v) is 4.14. The smallest absolute Gasteiger partial charge is 0.319 e. The van der Waals surface area contributed by atoms with E-state index >= 15 is 0 Å². The second-order valence-corrected chi connectivity index (χ2v) is 5.41. The minimum Gasteiger partial charge on any atom is -0.365 e. The maximum absolute atomic E-state index is 11.6. The molecule has 1 heterocycles. The highest BCUT2D eigenvalue weighted by Crippen LogP contribution is 2.38. The monoisotopic (exact) mass is 267 g/mol.